The number of benzene rings is 3. The van der Waals surface area contributed by atoms with E-state index in [1.807, 2.05) is 24.3 Å². The third kappa shape index (κ3) is 3.60. The van der Waals surface area contributed by atoms with E-state index in [2.05, 4.69) is 6.07 Å². The van der Waals surface area contributed by atoms with Crippen molar-refractivity contribution < 1.29 is 18.7 Å². The van der Waals surface area contributed by atoms with Gasteiger partial charge >= 0.3 is 5.97 Å². The fourth-order valence-corrected chi connectivity index (χ4v) is 2.87. The average Bonchev–Trinajstić information content (AvgIpc) is 3.06. The molecule has 4 aromatic rings. The van der Waals surface area contributed by atoms with E-state index in [0.717, 1.165) is 27.5 Å². The lowest BCUT2D eigenvalue weighted by atomic mass is 10.1. The monoisotopic (exact) mass is 357 g/mol. The highest BCUT2D eigenvalue weighted by Gasteiger charge is 2.10. The van der Waals surface area contributed by atoms with Crippen molar-refractivity contribution in [1.29, 1.82) is 5.26 Å². The SMILES string of the molecule is N#CCc1ccc(OCC(=O)Oc2ccc3oc4ccccc4c3c2)cc1. The van der Waals surface area contributed by atoms with Crippen LogP contribution in [-0.2, 0) is 11.2 Å². The molecule has 0 N–H and O–H groups in total. The van der Waals surface area contributed by atoms with Gasteiger partial charge in [0.2, 0.25) is 0 Å². The number of ether oxygens (including phenoxy) is 2. The predicted octanol–water partition coefficient (Wildman–Crippen LogP) is 4.64. The molecule has 0 saturated heterocycles. The Morgan fingerprint density at radius 3 is 2.48 bits per heavy atom. The van der Waals surface area contributed by atoms with Gasteiger partial charge in [0.05, 0.1) is 12.5 Å². The number of hydrogen-bond donors (Lipinski definition) is 0. The minimum atomic E-state index is -0.497. The molecule has 0 bridgehead atoms. The average molecular weight is 357 g/mol. The predicted molar refractivity (Wildman–Crippen MR) is 101 cm³/mol. The Morgan fingerprint density at radius 1 is 0.926 bits per heavy atom. The smallest absolute Gasteiger partial charge is 0.349 e. The quantitative estimate of drug-likeness (QED) is 0.384. The van der Waals surface area contributed by atoms with Crippen LogP contribution in [0.25, 0.3) is 21.9 Å². The number of esters is 1. The highest BCUT2D eigenvalue weighted by molar-refractivity contribution is 6.05. The lowest BCUT2D eigenvalue weighted by molar-refractivity contribution is -0.136. The molecule has 3 aromatic carbocycles. The zero-order chi connectivity index (χ0) is 18.6. The second-order valence-corrected chi connectivity index (χ2v) is 6.00. The Labute approximate surface area is 155 Å². The third-order valence-corrected chi connectivity index (χ3v) is 4.14. The van der Waals surface area contributed by atoms with Crippen LogP contribution in [0.5, 0.6) is 11.5 Å². The first kappa shape index (κ1) is 16.7. The summed E-state index contributed by atoms with van der Waals surface area (Å²) in [4.78, 5) is 12.1. The van der Waals surface area contributed by atoms with Gasteiger partial charge in [-0.15, -0.1) is 0 Å². The van der Waals surface area contributed by atoms with Gasteiger partial charge in [-0.05, 0) is 42.0 Å². The molecule has 27 heavy (non-hydrogen) atoms. The summed E-state index contributed by atoms with van der Waals surface area (Å²) in [5.41, 5.74) is 2.43. The summed E-state index contributed by atoms with van der Waals surface area (Å²) in [7, 11) is 0. The van der Waals surface area contributed by atoms with E-state index >= 15 is 0 Å². The van der Waals surface area contributed by atoms with Crippen LogP contribution in [0.2, 0.25) is 0 Å². The molecule has 5 heteroatoms. The number of rotatable bonds is 5. The Balaban J connectivity index is 1.43. The Kier molecular flexibility index (Phi) is 4.46. The van der Waals surface area contributed by atoms with Crippen LogP contribution in [0, 0.1) is 11.3 Å². The van der Waals surface area contributed by atoms with Crippen molar-refractivity contribution in [3.63, 3.8) is 0 Å². The van der Waals surface area contributed by atoms with Gasteiger partial charge < -0.3 is 13.9 Å². The van der Waals surface area contributed by atoms with Gasteiger partial charge in [-0.1, -0.05) is 30.3 Å². The molecule has 0 fully saturated rings. The van der Waals surface area contributed by atoms with E-state index in [0.29, 0.717) is 17.9 Å². The number of nitriles is 1. The summed E-state index contributed by atoms with van der Waals surface area (Å²) >= 11 is 0. The summed E-state index contributed by atoms with van der Waals surface area (Å²) in [5.74, 6) is 0.486. The summed E-state index contributed by atoms with van der Waals surface area (Å²) in [6.07, 6.45) is 0.341. The molecule has 0 atom stereocenters. The van der Waals surface area contributed by atoms with Gasteiger partial charge in [0.15, 0.2) is 6.61 Å². The fraction of sp³-hybridized carbons (Fsp3) is 0.0909. The number of carbonyl (C=O) groups is 1. The van der Waals surface area contributed by atoms with E-state index in [9.17, 15) is 4.79 Å². The maximum Gasteiger partial charge on any atom is 0.349 e. The second-order valence-electron chi connectivity index (χ2n) is 6.00. The van der Waals surface area contributed by atoms with E-state index in [4.69, 9.17) is 19.2 Å². The normalized spacial score (nSPS) is 10.6. The maximum atomic E-state index is 12.1. The molecule has 4 rings (SSSR count). The highest BCUT2D eigenvalue weighted by atomic mass is 16.6. The number of furan rings is 1. The number of nitrogens with zero attached hydrogens (tertiary/aromatic N) is 1. The molecule has 132 valence electrons. The van der Waals surface area contributed by atoms with Gasteiger partial charge in [0, 0.05) is 10.8 Å². The maximum absolute atomic E-state index is 12.1. The molecular formula is C22H15NO4. The molecular weight excluding hydrogens is 342 g/mol. The molecule has 0 radical (unpaired) electrons. The number of para-hydroxylation sites is 1. The topological polar surface area (TPSA) is 72.5 Å². The number of hydrogen-bond acceptors (Lipinski definition) is 5. The zero-order valence-electron chi connectivity index (χ0n) is 14.3. The highest BCUT2D eigenvalue weighted by Crippen LogP contribution is 2.31. The molecule has 0 aliphatic heterocycles. The van der Waals surface area contributed by atoms with Crippen LogP contribution in [0.1, 0.15) is 5.56 Å². The van der Waals surface area contributed by atoms with Gasteiger partial charge in [-0.3, -0.25) is 0 Å². The fourth-order valence-electron chi connectivity index (χ4n) is 2.87. The van der Waals surface area contributed by atoms with E-state index in [1.54, 1.807) is 42.5 Å². The van der Waals surface area contributed by atoms with E-state index in [-0.39, 0.29) is 6.61 Å². The number of carbonyl (C=O) groups excluding carboxylic acids is 1. The summed E-state index contributed by atoms with van der Waals surface area (Å²) in [6, 6.07) is 22.1. The summed E-state index contributed by atoms with van der Waals surface area (Å²) < 4.78 is 16.6. The number of fused-ring (bicyclic) bond motifs is 3. The molecule has 0 spiro atoms. The van der Waals surface area contributed by atoms with Crippen LogP contribution >= 0.6 is 0 Å². The second kappa shape index (κ2) is 7.22. The summed E-state index contributed by atoms with van der Waals surface area (Å²) in [6.45, 7) is -0.207. The van der Waals surface area contributed by atoms with Gasteiger partial charge in [-0.2, -0.15) is 5.26 Å². The lowest BCUT2D eigenvalue weighted by Crippen LogP contribution is -2.17. The van der Waals surface area contributed by atoms with Gasteiger partial charge in [0.1, 0.15) is 22.7 Å². The first-order chi connectivity index (χ1) is 13.2. The minimum Gasteiger partial charge on any atom is -0.482 e. The van der Waals surface area contributed by atoms with Crippen LogP contribution in [0.15, 0.2) is 71.1 Å². The molecule has 0 aliphatic carbocycles. The minimum absolute atomic E-state index is 0.207. The Bertz CT molecular complexity index is 1150. The van der Waals surface area contributed by atoms with Gasteiger partial charge in [-0.25, -0.2) is 4.79 Å². The molecule has 1 aromatic heterocycles. The van der Waals surface area contributed by atoms with Crippen LogP contribution < -0.4 is 9.47 Å². The van der Waals surface area contributed by atoms with Crippen molar-refractivity contribution in [1.82, 2.24) is 0 Å². The van der Waals surface area contributed by atoms with Gasteiger partial charge in [0.25, 0.3) is 0 Å². The standard InChI is InChI=1S/C22H15NO4/c23-12-11-15-5-7-16(8-6-15)25-14-22(24)26-17-9-10-21-19(13-17)18-3-1-2-4-20(18)27-21/h1-10,13H,11,14H2. The third-order valence-electron chi connectivity index (χ3n) is 4.14. The van der Waals surface area contributed by atoms with Crippen molar-refractivity contribution in [2.45, 2.75) is 6.42 Å². The molecule has 0 saturated carbocycles. The van der Waals surface area contributed by atoms with Crippen molar-refractivity contribution in [2.24, 2.45) is 0 Å². The van der Waals surface area contributed by atoms with Crippen molar-refractivity contribution in [3.05, 3.63) is 72.3 Å². The van der Waals surface area contributed by atoms with Crippen molar-refractivity contribution >= 4 is 27.9 Å². The van der Waals surface area contributed by atoms with E-state index in [1.165, 1.54) is 0 Å². The lowest BCUT2D eigenvalue weighted by Gasteiger charge is -2.07. The molecule has 0 amide bonds. The van der Waals surface area contributed by atoms with E-state index < -0.39 is 5.97 Å². The zero-order valence-corrected chi connectivity index (χ0v) is 14.3. The Morgan fingerprint density at radius 2 is 1.67 bits per heavy atom. The van der Waals surface area contributed by atoms with Crippen molar-refractivity contribution in [2.75, 3.05) is 6.61 Å². The molecule has 0 unspecified atom stereocenters. The van der Waals surface area contributed by atoms with Crippen LogP contribution in [0.3, 0.4) is 0 Å². The first-order valence-corrected chi connectivity index (χ1v) is 8.43. The van der Waals surface area contributed by atoms with Crippen molar-refractivity contribution in [3.8, 4) is 17.6 Å². The Hall–Kier alpha value is -3.78. The molecule has 1 heterocycles. The van der Waals surface area contributed by atoms with Crippen LogP contribution in [0.4, 0.5) is 0 Å². The first-order valence-electron chi connectivity index (χ1n) is 8.43. The molecule has 5 nitrogen and oxygen atoms in total. The largest absolute Gasteiger partial charge is 0.482 e. The summed E-state index contributed by atoms with van der Waals surface area (Å²) in [5, 5.41) is 10.5. The van der Waals surface area contributed by atoms with Crippen LogP contribution in [-0.4, -0.2) is 12.6 Å². The molecule has 0 aliphatic rings.